The van der Waals surface area contributed by atoms with Crippen LogP contribution in [0.3, 0.4) is 0 Å². The molecule has 0 atom stereocenters. The first-order valence-electron chi connectivity index (χ1n) is 8.53. The Morgan fingerprint density at radius 2 is 1.76 bits per heavy atom. The van der Waals surface area contributed by atoms with Crippen LogP contribution in [-0.4, -0.2) is 23.1 Å². The van der Waals surface area contributed by atoms with E-state index in [1.54, 1.807) is 23.1 Å². The third-order valence-corrected chi connectivity index (χ3v) is 4.39. The molecule has 3 nitrogen and oxygen atoms in total. The maximum atomic E-state index is 13.3. The van der Waals surface area contributed by atoms with E-state index in [1.165, 1.54) is 12.1 Å². The molecule has 0 aliphatic heterocycles. The zero-order valence-electron chi connectivity index (χ0n) is 15.0. The Labute approximate surface area is 148 Å². The predicted octanol–water partition coefficient (Wildman–Crippen LogP) is 4.45. The summed E-state index contributed by atoms with van der Waals surface area (Å²) in [5.41, 5.74) is 3.60. The quantitative estimate of drug-likeness (QED) is 0.698. The molecule has 2 rings (SSSR count). The number of rotatable bonds is 7. The van der Waals surface area contributed by atoms with Crippen molar-refractivity contribution in [3.8, 4) is 0 Å². The van der Waals surface area contributed by atoms with Crippen LogP contribution < -0.4 is 0 Å². The smallest absolute Gasteiger partial charge is 0.223 e. The number of Topliss-reactive ketones (excluding diaryl/α,β-unsaturated/α-hetero) is 1. The minimum absolute atomic E-state index is 0.0294. The normalized spacial score (nSPS) is 10.6. The number of benzene rings is 2. The molecule has 25 heavy (non-hydrogen) atoms. The first-order chi connectivity index (χ1) is 11.9. The van der Waals surface area contributed by atoms with E-state index in [-0.39, 0.29) is 30.3 Å². The van der Waals surface area contributed by atoms with Gasteiger partial charge in [-0.2, -0.15) is 0 Å². The highest BCUT2D eigenvalue weighted by molar-refractivity contribution is 5.98. The van der Waals surface area contributed by atoms with E-state index in [0.717, 1.165) is 16.7 Å². The number of carbonyl (C=O) groups is 2. The van der Waals surface area contributed by atoms with Crippen LogP contribution in [0, 0.1) is 19.7 Å². The summed E-state index contributed by atoms with van der Waals surface area (Å²) in [4.78, 5) is 26.3. The van der Waals surface area contributed by atoms with Gasteiger partial charge in [0.05, 0.1) is 0 Å². The molecule has 0 saturated carbocycles. The Morgan fingerprint density at radius 3 is 2.40 bits per heavy atom. The fraction of sp³-hybridized carbons (Fsp3) is 0.333. The number of nitrogens with zero attached hydrogens (tertiary/aromatic N) is 1. The van der Waals surface area contributed by atoms with Crippen molar-refractivity contribution >= 4 is 11.7 Å². The molecule has 132 valence electrons. The van der Waals surface area contributed by atoms with E-state index < -0.39 is 0 Å². The highest BCUT2D eigenvalue weighted by atomic mass is 19.1. The van der Waals surface area contributed by atoms with Crippen LogP contribution in [0.4, 0.5) is 4.39 Å². The second kappa shape index (κ2) is 8.56. The predicted molar refractivity (Wildman–Crippen MR) is 97.0 cm³/mol. The maximum Gasteiger partial charge on any atom is 0.223 e. The minimum atomic E-state index is -0.314. The fourth-order valence-corrected chi connectivity index (χ4v) is 2.67. The van der Waals surface area contributed by atoms with Gasteiger partial charge in [-0.3, -0.25) is 9.59 Å². The van der Waals surface area contributed by atoms with Gasteiger partial charge in [0.2, 0.25) is 5.91 Å². The van der Waals surface area contributed by atoms with Crippen molar-refractivity contribution in [3.05, 3.63) is 70.5 Å². The Bertz CT molecular complexity index is 770. The summed E-state index contributed by atoms with van der Waals surface area (Å²) >= 11 is 0. The number of hydrogen-bond donors (Lipinski definition) is 0. The number of halogens is 1. The van der Waals surface area contributed by atoms with Crippen LogP contribution in [-0.2, 0) is 11.3 Å². The Morgan fingerprint density at radius 1 is 1.00 bits per heavy atom. The van der Waals surface area contributed by atoms with Crippen molar-refractivity contribution in [1.82, 2.24) is 4.90 Å². The lowest BCUT2D eigenvalue weighted by atomic mass is 10.0. The van der Waals surface area contributed by atoms with Gasteiger partial charge in [-0.15, -0.1) is 0 Å². The summed E-state index contributed by atoms with van der Waals surface area (Å²) in [5.74, 6) is -0.437. The van der Waals surface area contributed by atoms with Crippen molar-refractivity contribution in [1.29, 1.82) is 0 Å². The van der Waals surface area contributed by atoms with E-state index in [0.29, 0.717) is 18.7 Å². The molecule has 4 heteroatoms. The van der Waals surface area contributed by atoms with Crippen LogP contribution in [0.15, 0.2) is 42.5 Å². The fourth-order valence-electron chi connectivity index (χ4n) is 2.67. The maximum absolute atomic E-state index is 13.3. The Hall–Kier alpha value is -2.49. The van der Waals surface area contributed by atoms with E-state index in [2.05, 4.69) is 0 Å². The highest BCUT2D eigenvalue weighted by Crippen LogP contribution is 2.14. The second-order valence-electron chi connectivity index (χ2n) is 6.26. The van der Waals surface area contributed by atoms with Crippen LogP contribution in [0.2, 0.25) is 0 Å². The van der Waals surface area contributed by atoms with Gasteiger partial charge in [0.25, 0.3) is 0 Å². The number of amides is 1. The van der Waals surface area contributed by atoms with Gasteiger partial charge in [-0.1, -0.05) is 24.3 Å². The molecular weight excluding hydrogens is 317 g/mol. The number of aryl methyl sites for hydroxylation is 2. The average molecular weight is 341 g/mol. The third-order valence-electron chi connectivity index (χ3n) is 4.39. The molecule has 1 amide bonds. The summed E-state index contributed by atoms with van der Waals surface area (Å²) in [6.45, 7) is 6.72. The van der Waals surface area contributed by atoms with Crippen molar-refractivity contribution in [2.45, 2.75) is 40.2 Å². The van der Waals surface area contributed by atoms with Crippen LogP contribution in [0.1, 0.15) is 46.8 Å². The second-order valence-corrected chi connectivity index (χ2v) is 6.26. The van der Waals surface area contributed by atoms with Crippen LogP contribution >= 0.6 is 0 Å². The van der Waals surface area contributed by atoms with Gasteiger partial charge in [0, 0.05) is 31.5 Å². The molecule has 2 aromatic carbocycles. The molecule has 0 spiro atoms. The molecule has 2 aromatic rings. The highest BCUT2D eigenvalue weighted by Gasteiger charge is 2.15. The third kappa shape index (κ3) is 5.24. The summed E-state index contributed by atoms with van der Waals surface area (Å²) in [6.07, 6.45) is 0.343. The molecule has 0 aliphatic carbocycles. The summed E-state index contributed by atoms with van der Waals surface area (Å²) in [5, 5.41) is 0. The van der Waals surface area contributed by atoms with Crippen molar-refractivity contribution in [3.63, 3.8) is 0 Å². The van der Waals surface area contributed by atoms with Gasteiger partial charge < -0.3 is 4.90 Å². The SMILES string of the molecule is CCN(Cc1cccc(F)c1)C(=O)CCC(=O)c1ccc(C)c(C)c1. The Kier molecular flexibility index (Phi) is 6.45. The first kappa shape index (κ1) is 18.8. The zero-order chi connectivity index (χ0) is 18.4. The first-order valence-corrected chi connectivity index (χ1v) is 8.53. The van der Waals surface area contributed by atoms with E-state index in [1.807, 2.05) is 32.9 Å². The summed E-state index contributed by atoms with van der Waals surface area (Å²) in [6, 6.07) is 11.8. The molecule has 0 saturated heterocycles. The van der Waals surface area contributed by atoms with Gasteiger partial charge in [0.15, 0.2) is 5.78 Å². The monoisotopic (exact) mass is 341 g/mol. The molecule has 0 N–H and O–H groups in total. The van der Waals surface area contributed by atoms with Crippen LogP contribution in [0.25, 0.3) is 0 Å². The molecule has 0 fully saturated rings. The summed E-state index contributed by atoms with van der Waals surface area (Å²) in [7, 11) is 0. The average Bonchev–Trinajstić information content (AvgIpc) is 2.59. The molecule has 0 unspecified atom stereocenters. The van der Waals surface area contributed by atoms with Gasteiger partial charge >= 0.3 is 0 Å². The lowest BCUT2D eigenvalue weighted by Gasteiger charge is -2.21. The molecule has 0 aliphatic rings. The molecule has 0 radical (unpaired) electrons. The number of hydrogen-bond acceptors (Lipinski definition) is 2. The van der Waals surface area contributed by atoms with Crippen molar-refractivity contribution < 1.29 is 14.0 Å². The van der Waals surface area contributed by atoms with E-state index in [9.17, 15) is 14.0 Å². The topological polar surface area (TPSA) is 37.4 Å². The molecule has 0 aromatic heterocycles. The van der Waals surface area contributed by atoms with Gasteiger partial charge in [-0.05, 0) is 55.7 Å². The number of ketones is 1. The largest absolute Gasteiger partial charge is 0.339 e. The standard InChI is InChI=1S/C21H24FNO2/c1-4-23(14-17-6-5-7-19(22)13-17)21(25)11-10-20(24)18-9-8-15(2)16(3)12-18/h5-9,12-13H,4,10-11,14H2,1-3H3. The van der Waals surface area contributed by atoms with E-state index >= 15 is 0 Å². The van der Waals surface area contributed by atoms with Crippen LogP contribution in [0.5, 0.6) is 0 Å². The molecular formula is C21H24FNO2. The lowest BCUT2D eigenvalue weighted by Crippen LogP contribution is -2.30. The molecule has 0 heterocycles. The zero-order valence-corrected chi connectivity index (χ0v) is 15.0. The number of carbonyl (C=O) groups excluding carboxylic acids is 2. The molecule has 0 bridgehead atoms. The summed E-state index contributed by atoms with van der Waals surface area (Å²) < 4.78 is 13.3. The van der Waals surface area contributed by atoms with Crippen molar-refractivity contribution in [2.75, 3.05) is 6.54 Å². The lowest BCUT2D eigenvalue weighted by molar-refractivity contribution is -0.131. The van der Waals surface area contributed by atoms with Crippen molar-refractivity contribution in [2.24, 2.45) is 0 Å². The van der Waals surface area contributed by atoms with Gasteiger partial charge in [0.1, 0.15) is 5.82 Å². The van der Waals surface area contributed by atoms with E-state index in [4.69, 9.17) is 0 Å². The Balaban J connectivity index is 1.95. The van der Waals surface area contributed by atoms with Gasteiger partial charge in [-0.25, -0.2) is 4.39 Å². The minimum Gasteiger partial charge on any atom is -0.339 e.